The molecule has 2 aromatic rings. The highest BCUT2D eigenvalue weighted by molar-refractivity contribution is 5.79. The highest BCUT2D eigenvalue weighted by Gasteiger charge is 2.02. The number of hydrogen-bond acceptors (Lipinski definition) is 1. The van der Waals surface area contributed by atoms with Gasteiger partial charge in [0.25, 0.3) is 5.56 Å². The Labute approximate surface area is 80.4 Å². The molecule has 1 N–H and O–H groups in total. The van der Waals surface area contributed by atoms with Gasteiger partial charge in [-0.2, -0.15) is 0 Å². The van der Waals surface area contributed by atoms with Crippen LogP contribution >= 0.6 is 0 Å². The largest absolute Gasteiger partial charge is 0.322 e. The second kappa shape index (κ2) is 3.25. The Hall–Kier alpha value is -1.64. The molecule has 1 aromatic heterocycles. The van der Waals surface area contributed by atoms with Crippen molar-refractivity contribution in [2.75, 3.05) is 0 Å². The lowest BCUT2D eigenvalue weighted by Gasteiger charge is -2.01. The van der Waals surface area contributed by atoms with Gasteiger partial charge in [0.15, 0.2) is 0 Å². The number of hydrogen-bond donors (Lipinski definition) is 1. The zero-order chi connectivity index (χ0) is 10.1. The molecule has 0 saturated heterocycles. The molecule has 0 amide bonds. The summed E-state index contributed by atoms with van der Waals surface area (Å²) in [4.78, 5) is 13.5. The Balaban J connectivity index is 2.82. The highest BCUT2D eigenvalue weighted by Crippen LogP contribution is 2.15. The number of fused-ring (bicyclic) bond motifs is 1. The Kier molecular flexibility index (Phi) is 2.08. The van der Waals surface area contributed by atoms with Gasteiger partial charge >= 0.3 is 0 Å². The number of nitrogens with one attached hydrogen (secondary N) is 1. The van der Waals surface area contributed by atoms with Crippen LogP contribution in [0.25, 0.3) is 10.9 Å². The van der Waals surface area contributed by atoms with Gasteiger partial charge in [-0.3, -0.25) is 4.79 Å². The van der Waals surface area contributed by atoms with Crippen molar-refractivity contribution < 1.29 is 4.39 Å². The second-order valence-corrected chi connectivity index (χ2v) is 3.22. The fourth-order valence-corrected chi connectivity index (χ4v) is 1.48. The lowest BCUT2D eigenvalue weighted by molar-refractivity contribution is 0.636. The molecular weight excluding hydrogens is 181 g/mol. The van der Waals surface area contributed by atoms with Crippen LogP contribution in [0.4, 0.5) is 4.39 Å². The molecular formula is C11H10FNO. The van der Waals surface area contributed by atoms with Gasteiger partial charge < -0.3 is 4.98 Å². The van der Waals surface area contributed by atoms with Gasteiger partial charge in [-0.05, 0) is 24.1 Å². The van der Waals surface area contributed by atoms with E-state index in [9.17, 15) is 9.18 Å². The number of aromatic nitrogens is 1. The summed E-state index contributed by atoms with van der Waals surface area (Å²) in [5, 5.41) is 0.476. The van der Waals surface area contributed by atoms with E-state index in [-0.39, 0.29) is 0 Å². The number of benzene rings is 1. The predicted molar refractivity (Wildman–Crippen MR) is 53.9 cm³/mol. The summed E-state index contributed by atoms with van der Waals surface area (Å²) in [5.41, 5.74) is 1.20. The van der Waals surface area contributed by atoms with Gasteiger partial charge in [-0.25, -0.2) is 4.39 Å². The summed E-state index contributed by atoms with van der Waals surface area (Å²) in [7, 11) is 0. The van der Waals surface area contributed by atoms with Crippen LogP contribution in [0.1, 0.15) is 12.5 Å². The SMILES string of the molecule is CCc1ccc2[nH]c(=O)cc(F)c2c1. The quantitative estimate of drug-likeness (QED) is 0.736. The first kappa shape index (κ1) is 8.94. The fraction of sp³-hybridized carbons (Fsp3) is 0.182. The van der Waals surface area contributed by atoms with E-state index in [0.717, 1.165) is 18.1 Å². The van der Waals surface area contributed by atoms with Gasteiger partial charge in [-0.15, -0.1) is 0 Å². The van der Waals surface area contributed by atoms with Crippen molar-refractivity contribution in [2.24, 2.45) is 0 Å². The van der Waals surface area contributed by atoms with Crippen molar-refractivity contribution in [2.45, 2.75) is 13.3 Å². The standard InChI is InChI=1S/C11H10FNO/c1-2-7-3-4-10-8(5-7)9(12)6-11(14)13-10/h3-6H,2H2,1H3,(H,13,14). The number of rotatable bonds is 1. The Morgan fingerprint density at radius 2 is 2.14 bits per heavy atom. The van der Waals surface area contributed by atoms with Crippen molar-refractivity contribution in [1.82, 2.24) is 4.98 Å². The molecule has 3 heteroatoms. The van der Waals surface area contributed by atoms with Crippen molar-refractivity contribution in [1.29, 1.82) is 0 Å². The zero-order valence-corrected chi connectivity index (χ0v) is 7.80. The minimum Gasteiger partial charge on any atom is -0.322 e. The molecule has 1 aromatic carbocycles. The van der Waals surface area contributed by atoms with E-state index < -0.39 is 11.4 Å². The third-order valence-electron chi connectivity index (χ3n) is 2.27. The summed E-state index contributed by atoms with van der Waals surface area (Å²) in [6.07, 6.45) is 0.856. The van der Waals surface area contributed by atoms with E-state index in [1.165, 1.54) is 0 Å². The minimum atomic E-state index is -0.459. The maximum absolute atomic E-state index is 13.3. The van der Waals surface area contributed by atoms with Crippen LogP contribution in [-0.4, -0.2) is 4.98 Å². The maximum Gasteiger partial charge on any atom is 0.251 e. The van der Waals surface area contributed by atoms with Crippen LogP contribution in [0.5, 0.6) is 0 Å². The van der Waals surface area contributed by atoms with E-state index in [1.807, 2.05) is 13.0 Å². The molecule has 0 radical (unpaired) electrons. The Morgan fingerprint density at radius 1 is 1.36 bits per heavy atom. The molecule has 0 aliphatic carbocycles. The van der Waals surface area contributed by atoms with Crippen LogP contribution < -0.4 is 5.56 Å². The third-order valence-corrected chi connectivity index (χ3v) is 2.27. The van der Waals surface area contributed by atoms with Crippen LogP contribution in [0.15, 0.2) is 29.1 Å². The zero-order valence-electron chi connectivity index (χ0n) is 7.80. The molecule has 14 heavy (non-hydrogen) atoms. The van der Waals surface area contributed by atoms with Gasteiger partial charge in [-0.1, -0.05) is 13.0 Å². The van der Waals surface area contributed by atoms with Crippen LogP contribution in [-0.2, 0) is 6.42 Å². The first-order valence-corrected chi connectivity index (χ1v) is 4.52. The second-order valence-electron chi connectivity index (χ2n) is 3.22. The smallest absolute Gasteiger partial charge is 0.251 e. The molecule has 1 heterocycles. The van der Waals surface area contributed by atoms with Gasteiger partial charge in [0.05, 0.1) is 5.52 Å². The molecule has 0 bridgehead atoms. The Morgan fingerprint density at radius 3 is 2.86 bits per heavy atom. The molecule has 0 unspecified atom stereocenters. The van der Waals surface area contributed by atoms with Crippen LogP contribution in [0.2, 0.25) is 0 Å². The average molecular weight is 191 g/mol. The summed E-state index contributed by atoms with van der Waals surface area (Å²) in [6, 6.07) is 6.36. The van der Waals surface area contributed by atoms with Gasteiger partial charge in [0.2, 0.25) is 0 Å². The predicted octanol–water partition coefficient (Wildman–Crippen LogP) is 2.23. The molecule has 0 saturated carbocycles. The van der Waals surface area contributed by atoms with Crippen LogP contribution in [0.3, 0.4) is 0 Å². The summed E-state index contributed by atoms with van der Waals surface area (Å²) >= 11 is 0. The summed E-state index contributed by atoms with van der Waals surface area (Å²) < 4.78 is 13.3. The monoisotopic (exact) mass is 191 g/mol. The van der Waals surface area contributed by atoms with Crippen molar-refractivity contribution in [3.63, 3.8) is 0 Å². The van der Waals surface area contributed by atoms with Gasteiger partial charge in [0, 0.05) is 11.5 Å². The molecule has 0 fully saturated rings. The highest BCUT2D eigenvalue weighted by atomic mass is 19.1. The van der Waals surface area contributed by atoms with E-state index in [4.69, 9.17) is 0 Å². The number of aryl methyl sites for hydroxylation is 1. The minimum absolute atomic E-state index is 0.403. The van der Waals surface area contributed by atoms with E-state index in [1.54, 1.807) is 12.1 Å². The van der Waals surface area contributed by atoms with E-state index in [2.05, 4.69) is 4.98 Å². The molecule has 0 aliphatic rings. The molecule has 0 atom stereocenters. The molecule has 2 nitrogen and oxygen atoms in total. The van der Waals surface area contributed by atoms with Gasteiger partial charge in [0.1, 0.15) is 5.82 Å². The first-order chi connectivity index (χ1) is 6.70. The summed E-state index contributed by atoms with van der Waals surface area (Å²) in [5.74, 6) is -0.459. The molecule has 72 valence electrons. The Bertz CT molecular complexity index is 530. The number of halogens is 1. The van der Waals surface area contributed by atoms with Crippen molar-refractivity contribution >= 4 is 10.9 Å². The lowest BCUT2D eigenvalue weighted by atomic mass is 10.1. The number of H-pyrrole nitrogens is 1. The topological polar surface area (TPSA) is 32.9 Å². The first-order valence-electron chi connectivity index (χ1n) is 4.52. The number of aromatic amines is 1. The van der Waals surface area contributed by atoms with Crippen LogP contribution in [0, 0.1) is 5.82 Å². The normalized spacial score (nSPS) is 10.7. The van der Waals surface area contributed by atoms with E-state index >= 15 is 0 Å². The molecule has 0 spiro atoms. The summed E-state index contributed by atoms with van der Waals surface area (Å²) in [6.45, 7) is 2.00. The third kappa shape index (κ3) is 1.41. The van der Waals surface area contributed by atoms with Crippen molar-refractivity contribution in [3.05, 3.63) is 46.0 Å². The maximum atomic E-state index is 13.3. The molecule has 0 aliphatic heterocycles. The lowest BCUT2D eigenvalue weighted by Crippen LogP contribution is -2.05. The van der Waals surface area contributed by atoms with Crippen molar-refractivity contribution in [3.8, 4) is 0 Å². The fourth-order valence-electron chi connectivity index (χ4n) is 1.48. The average Bonchev–Trinajstić information content (AvgIpc) is 2.17. The number of pyridine rings is 1. The molecule has 2 rings (SSSR count). The van der Waals surface area contributed by atoms with E-state index in [0.29, 0.717) is 10.9 Å².